The molecule has 226 valence electrons. The predicted octanol–water partition coefficient (Wildman–Crippen LogP) is 5.85. The zero-order chi connectivity index (χ0) is 31.1. The van der Waals surface area contributed by atoms with Crippen molar-refractivity contribution in [1.82, 2.24) is 14.9 Å². The van der Waals surface area contributed by atoms with Gasteiger partial charge in [-0.3, -0.25) is 9.78 Å². The Morgan fingerprint density at radius 2 is 1.60 bits per heavy atom. The Hall–Kier alpha value is -5.26. The van der Waals surface area contributed by atoms with Gasteiger partial charge in [-0.25, -0.2) is 4.98 Å². The fraction of sp³-hybridized carbons (Fsp3) is 0.243. The van der Waals surface area contributed by atoms with Crippen LogP contribution in [0.1, 0.15) is 22.6 Å². The Kier molecular flexibility index (Phi) is 8.99. The first-order valence-electron chi connectivity index (χ1n) is 15.1. The van der Waals surface area contributed by atoms with Gasteiger partial charge in [-0.2, -0.15) is 5.26 Å². The number of hydrogen-bond donors (Lipinski definition) is 0. The summed E-state index contributed by atoms with van der Waals surface area (Å²) in [4.78, 5) is 27.5. The molecule has 0 radical (unpaired) electrons. The van der Waals surface area contributed by atoms with Gasteiger partial charge in [0.25, 0.3) is 0 Å². The number of fused-ring (bicyclic) bond motifs is 1. The Morgan fingerprint density at radius 3 is 2.36 bits per heavy atom. The van der Waals surface area contributed by atoms with E-state index in [9.17, 15) is 10.1 Å². The topological polar surface area (TPSA) is 91.6 Å². The summed E-state index contributed by atoms with van der Waals surface area (Å²) in [7, 11) is 1.62. The number of carbonyl (C=O) groups is 1. The van der Waals surface area contributed by atoms with Crippen LogP contribution in [0.15, 0.2) is 116 Å². The second-order valence-corrected chi connectivity index (χ2v) is 11.1. The molecule has 1 aromatic heterocycles. The number of anilines is 1. The molecule has 1 aliphatic rings. The van der Waals surface area contributed by atoms with E-state index in [0.717, 1.165) is 33.3 Å². The van der Waals surface area contributed by atoms with Gasteiger partial charge in [0.1, 0.15) is 11.6 Å². The lowest BCUT2D eigenvalue weighted by molar-refractivity contribution is -0.143. The van der Waals surface area contributed by atoms with Crippen molar-refractivity contribution < 1.29 is 14.3 Å². The van der Waals surface area contributed by atoms with Crippen molar-refractivity contribution in [3.63, 3.8) is 0 Å². The number of carbonyl (C=O) groups excluding carboxylic acids is 1. The van der Waals surface area contributed by atoms with Crippen molar-refractivity contribution >= 4 is 22.5 Å². The van der Waals surface area contributed by atoms with E-state index >= 15 is 0 Å². The van der Waals surface area contributed by atoms with E-state index in [1.807, 2.05) is 97.1 Å². The second-order valence-electron chi connectivity index (χ2n) is 11.1. The third kappa shape index (κ3) is 6.08. The van der Waals surface area contributed by atoms with Crippen molar-refractivity contribution in [3.05, 3.63) is 132 Å². The highest BCUT2D eigenvalue weighted by atomic mass is 16.5. The van der Waals surface area contributed by atoms with Gasteiger partial charge in [0, 0.05) is 50.1 Å². The van der Waals surface area contributed by atoms with Crippen LogP contribution in [0.5, 0.6) is 5.75 Å². The zero-order valence-corrected chi connectivity index (χ0v) is 25.3. The molecular weight excluding hydrogens is 562 g/mol. The first-order valence-corrected chi connectivity index (χ1v) is 15.1. The SMILES string of the molecule is COc1ccccc1C(c1cccc2ccccc12)C(C#N)(COCc1ccccc1)C(=O)N1CCN(c2cnccn2)CC1. The lowest BCUT2D eigenvalue weighted by Crippen LogP contribution is -2.56. The summed E-state index contributed by atoms with van der Waals surface area (Å²) < 4.78 is 12.2. The number of para-hydroxylation sites is 1. The third-order valence-electron chi connectivity index (χ3n) is 8.54. The van der Waals surface area contributed by atoms with Gasteiger partial charge in [-0.1, -0.05) is 91.0 Å². The second kappa shape index (κ2) is 13.6. The zero-order valence-electron chi connectivity index (χ0n) is 25.3. The molecular formula is C37H35N5O3. The number of aromatic nitrogens is 2. The number of amides is 1. The highest BCUT2D eigenvalue weighted by Crippen LogP contribution is 2.48. The smallest absolute Gasteiger partial charge is 0.246 e. The molecule has 2 unspecified atom stereocenters. The van der Waals surface area contributed by atoms with Crippen molar-refractivity contribution in [2.45, 2.75) is 12.5 Å². The summed E-state index contributed by atoms with van der Waals surface area (Å²) >= 11 is 0. The molecule has 2 atom stereocenters. The number of piperazine rings is 1. The maximum absolute atomic E-state index is 15.0. The molecule has 6 rings (SSSR count). The maximum Gasteiger partial charge on any atom is 0.246 e. The monoisotopic (exact) mass is 597 g/mol. The summed E-state index contributed by atoms with van der Waals surface area (Å²) in [6.45, 7) is 2.19. The van der Waals surface area contributed by atoms with Crippen LogP contribution in [-0.4, -0.2) is 60.7 Å². The minimum absolute atomic E-state index is 0.104. The lowest BCUT2D eigenvalue weighted by atomic mass is 9.67. The minimum atomic E-state index is -1.61. The van der Waals surface area contributed by atoms with Gasteiger partial charge in [0.05, 0.1) is 32.6 Å². The van der Waals surface area contributed by atoms with E-state index in [-0.39, 0.29) is 19.1 Å². The van der Waals surface area contributed by atoms with E-state index in [1.54, 1.807) is 30.6 Å². The van der Waals surface area contributed by atoms with Gasteiger partial charge in [-0.05, 0) is 28.0 Å². The van der Waals surface area contributed by atoms with E-state index in [2.05, 4.69) is 20.9 Å². The Morgan fingerprint density at radius 1 is 0.889 bits per heavy atom. The van der Waals surface area contributed by atoms with E-state index in [1.165, 1.54) is 0 Å². The molecule has 0 bridgehead atoms. The van der Waals surface area contributed by atoms with E-state index in [4.69, 9.17) is 9.47 Å². The van der Waals surface area contributed by atoms with Crippen LogP contribution < -0.4 is 9.64 Å². The third-order valence-corrected chi connectivity index (χ3v) is 8.54. The number of methoxy groups -OCH3 is 1. The Bertz CT molecular complexity index is 1780. The number of benzene rings is 4. The van der Waals surface area contributed by atoms with Crippen LogP contribution in [0.3, 0.4) is 0 Å². The highest BCUT2D eigenvalue weighted by Gasteiger charge is 2.52. The minimum Gasteiger partial charge on any atom is -0.496 e. The molecule has 45 heavy (non-hydrogen) atoms. The largest absolute Gasteiger partial charge is 0.496 e. The van der Waals surface area contributed by atoms with Gasteiger partial charge < -0.3 is 19.3 Å². The van der Waals surface area contributed by atoms with Crippen molar-refractivity contribution in [1.29, 1.82) is 5.26 Å². The quantitative estimate of drug-likeness (QED) is 0.200. The average Bonchev–Trinajstić information content (AvgIpc) is 3.12. The van der Waals surface area contributed by atoms with E-state index in [0.29, 0.717) is 31.9 Å². The molecule has 8 nitrogen and oxygen atoms in total. The van der Waals surface area contributed by atoms with E-state index < -0.39 is 11.3 Å². The summed E-state index contributed by atoms with van der Waals surface area (Å²) in [5, 5.41) is 13.3. The van der Waals surface area contributed by atoms with Crippen molar-refractivity contribution in [3.8, 4) is 11.8 Å². The number of rotatable bonds is 10. The number of nitrogens with zero attached hydrogens (tertiary/aromatic N) is 5. The summed E-state index contributed by atoms with van der Waals surface area (Å²) in [5.74, 6) is 0.426. The van der Waals surface area contributed by atoms with Gasteiger partial charge in [-0.15, -0.1) is 0 Å². The first kappa shape index (κ1) is 29.8. The molecule has 0 spiro atoms. The van der Waals surface area contributed by atoms with Crippen LogP contribution in [0, 0.1) is 16.7 Å². The molecule has 2 heterocycles. The fourth-order valence-corrected chi connectivity index (χ4v) is 6.30. The first-order chi connectivity index (χ1) is 22.1. The molecule has 1 amide bonds. The number of ether oxygens (including phenoxy) is 2. The van der Waals surface area contributed by atoms with Crippen molar-refractivity contribution in [2.75, 3.05) is 44.8 Å². The van der Waals surface area contributed by atoms with Crippen molar-refractivity contribution in [2.24, 2.45) is 5.41 Å². The molecule has 1 saturated heterocycles. The molecule has 0 N–H and O–H groups in total. The van der Waals surface area contributed by atoms with Crippen LogP contribution >= 0.6 is 0 Å². The molecule has 1 fully saturated rings. The Labute approximate surface area is 263 Å². The van der Waals surface area contributed by atoms with Crippen LogP contribution in [0.2, 0.25) is 0 Å². The van der Waals surface area contributed by atoms with Crippen LogP contribution in [-0.2, 0) is 16.1 Å². The van der Waals surface area contributed by atoms with Crippen LogP contribution in [0.25, 0.3) is 10.8 Å². The van der Waals surface area contributed by atoms with Gasteiger partial charge in [0.2, 0.25) is 5.91 Å². The molecule has 0 aliphatic carbocycles. The molecule has 0 saturated carbocycles. The molecule has 5 aromatic rings. The molecule has 8 heteroatoms. The normalized spacial score (nSPS) is 15.2. The van der Waals surface area contributed by atoms with Crippen LogP contribution in [0.4, 0.5) is 5.82 Å². The lowest BCUT2D eigenvalue weighted by Gasteiger charge is -2.42. The number of hydrogen-bond acceptors (Lipinski definition) is 7. The molecule has 4 aromatic carbocycles. The fourth-order valence-electron chi connectivity index (χ4n) is 6.30. The summed E-state index contributed by atoms with van der Waals surface area (Å²) in [5.41, 5.74) is 0.984. The maximum atomic E-state index is 15.0. The summed E-state index contributed by atoms with van der Waals surface area (Å²) in [6, 6.07) is 34.1. The predicted molar refractivity (Wildman–Crippen MR) is 174 cm³/mol. The Balaban J connectivity index is 1.45. The van der Waals surface area contributed by atoms with Gasteiger partial charge >= 0.3 is 0 Å². The highest BCUT2D eigenvalue weighted by molar-refractivity contribution is 5.92. The van der Waals surface area contributed by atoms with Gasteiger partial charge in [0.15, 0.2) is 5.41 Å². The summed E-state index contributed by atoms with van der Waals surface area (Å²) in [6.07, 6.45) is 5.04. The standard InChI is InChI=1S/C37H35N5O3/c1-44-33-17-8-7-15-32(33)35(31-16-9-13-29-12-5-6-14-30(29)31)37(26-38,27-45-25-28-10-3-2-4-11-28)36(43)42-22-20-41(21-23-42)34-24-39-18-19-40-34/h2-19,24,35H,20-23,25,27H2,1H3. The number of nitriles is 1. The average molecular weight is 598 g/mol. The molecule has 1 aliphatic heterocycles.